The van der Waals surface area contributed by atoms with Crippen molar-refractivity contribution in [2.45, 2.75) is 11.8 Å². The lowest BCUT2D eigenvalue weighted by atomic mass is 10.1. The maximum absolute atomic E-state index is 13.3. The normalized spacial score (nSPS) is 15.1. The van der Waals surface area contributed by atoms with Crippen LogP contribution in [0.1, 0.15) is 12.5 Å². The van der Waals surface area contributed by atoms with Gasteiger partial charge in [-0.1, -0.05) is 17.7 Å². The number of ether oxygens (including phenoxy) is 1. The third-order valence-corrected chi connectivity index (χ3v) is 6.57. The molecule has 12 heteroatoms. The zero-order valence-corrected chi connectivity index (χ0v) is 20.7. The number of halogens is 2. The largest absolute Gasteiger partial charge is 0.490 e. The van der Waals surface area contributed by atoms with Gasteiger partial charge in [0.1, 0.15) is 16.3 Å². The van der Waals surface area contributed by atoms with Crippen LogP contribution in [0, 0.1) is 5.82 Å². The molecule has 0 atom stereocenters. The Balaban J connectivity index is 1.67. The Morgan fingerprint density at radius 1 is 0.973 bits per heavy atom. The molecule has 0 spiro atoms. The highest BCUT2D eigenvalue weighted by atomic mass is 35.5. The summed E-state index contributed by atoms with van der Waals surface area (Å²) in [5, 5.41) is 2.42. The second-order valence-electron chi connectivity index (χ2n) is 7.56. The lowest BCUT2D eigenvalue weighted by Gasteiger charge is -2.26. The molecule has 1 aliphatic heterocycles. The molecule has 0 unspecified atom stereocenters. The summed E-state index contributed by atoms with van der Waals surface area (Å²) in [6.45, 7) is 1.83. The molecule has 37 heavy (non-hydrogen) atoms. The Morgan fingerprint density at radius 2 is 1.65 bits per heavy atom. The minimum Gasteiger partial charge on any atom is -0.490 e. The zero-order valence-electron chi connectivity index (χ0n) is 19.1. The summed E-state index contributed by atoms with van der Waals surface area (Å²) in [5.41, 5.74) is -0.0334. The van der Waals surface area contributed by atoms with Crippen molar-refractivity contribution in [3.8, 4) is 11.5 Å². The van der Waals surface area contributed by atoms with Gasteiger partial charge < -0.3 is 8.92 Å². The van der Waals surface area contributed by atoms with Crippen molar-refractivity contribution >= 4 is 51.3 Å². The standard InChI is InChI=1S/C25H18ClFN2O7S/c1-2-35-22-14-15(3-12-21(22)36-37(33,34)19-10-4-16(26)5-11-19)13-20-23(30)28-25(32)29(24(20)31)18-8-6-17(27)7-9-18/h3-14H,2H2,1H3,(H,28,30,32)/b20-13+. The molecule has 3 aromatic carbocycles. The Labute approximate surface area is 216 Å². The minimum atomic E-state index is -4.22. The summed E-state index contributed by atoms with van der Waals surface area (Å²) in [6.07, 6.45) is 1.21. The third-order valence-electron chi connectivity index (χ3n) is 5.07. The predicted molar refractivity (Wildman–Crippen MR) is 132 cm³/mol. The van der Waals surface area contributed by atoms with Gasteiger partial charge in [-0.3, -0.25) is 14.9 Å². The fourth-order valence-corrected chi connectivity index (χ4v) is 4.43. The van der Waals surface area contributed by atoms with Crippen molar-refractivity contribution < 1.29 is 36.1 Å². The van der Waals surface area contributed by atoms with Crippen LogP contribution in [0.2, 0.25) is 5.02 Å². The number of amides is 4. The van der Waals surface area contributed by atoms with Gasteiger partial charge in [0.05, 0.1) is 12.3 Å². The molecule has 4 rings (SSSR count). The van der Waals surface area contributed by atoms with Gasteiger partial charge in [0.25, 0.3) is 11.8 Å². The summed E-state index contributed by atoms with van der Waals surface area (Å²) in [4.78, 5) is 38.3. The lowest BCUT2D eigenvalue weighted by molar-refractivity contribution is -0.122. The number of hydrogen-bond donors (Lipinski definition) is 1. The van der Waals surface area contributed by atoms with Crippen LogP contribution >= 0.6 is 11.6 Å². The third kappa shape index (κ3) is 5.63. The number of rotatable bonds is 7. The second-order valence-corrected chi connectivity index (χ2v) is 9.55. The van der Waals surface area contributed by atoms with Gasteiger partial charge >= 0.3 is 16.1 Å². The number of urea groups is 1. The molecule has 1 N–H and O–H groups in total. The van der Waals surface area contributed by atoms with Crippen LogP contribution in [0.15, 0.2) is 77.2 Å². The zero-order chi connectivity index (χ0) is 26.7. The van der Waals surface area contributed by atoms with Gasteiger partial charge in [-0.25, -0.2) is 14.1 Å². The topological polar surface area (TPSA) is 119 Å². The van der Waals surface area contributed by atoms with Crippen molar-refractivity contribution in [2.24, 2.45) is 0 Å². The summed E-state index contributed by atoms with van der Waals surface area (Å²) in [7, 11) is -4.22. The number of nitrogens with one attached hydrogen (secondary N) is 1. The lowest BCUT2D eigenvalue weighted by Crippen LogP contribution is -2.54. The second kappa shape index (κ2) is 10.4. The molecule has 0 saturated carbocycles. The molecular weight excluding hydrogens is 527 g/mol. The number of benzene rings is 3. The quantitative estimate of drug-likeness (QED) is 0.267. The highest BCUT2D eigenvalue weighted by Crippen LogP contribution is 2.32. The van der Waals surface area contributed by atoms with Crippen molar-refractivity contribution in [3.05, 3.63) is 88.7 Å². The predicted octanol–water partition coefficient (Wildman–Crippen LogP) is 4.31. The first kappa shape index (κ1) is 25.9. The van der Waals surface area contributed by atoms with Crippen molar-refractivity contribution in [3.63, 3.8) is 0 Å². The van der Waals surface area contributed by atoms with Gasteiger partial charge in [0.2, 0.25) is 0 Å². The van der Waals surface area contributed by atoms with E-state index in [4.69, 9.17) is 20.5 Å². The molecule has 0 aromatic heterocycles. The van der Waals surface area contributed by atoms with Crippen LogP contribution in [0.3, 0.4) is 0 Å². The monoisotopic (exact) mass is 544 g/mol. The minimum absolute atomic E-state index is 0.0320. The maximum atomic E-state index is 13.3. The summed E-state index contributed by atoms with van der Waals surface area (Å²) in [5.74, 6) is -2.52. The smallest absolute Gasteiger partial charge is 0.339 e. The first-order valence-electron chi connectivity index (χ1n) is 10.7. The Bertz CT molecular complexity index is 1520. The van der Waals surface area contributed by atoms with E-state index in [0.717, 1.165) is 12.1 Å². The van der Waals surface area contributed by atoms with E-state index in [1.807, 2.05) is 0 Å². The SMILES string of the molecule is CCOc1cc(/C=C2\C(=O)NC(=O)N(c3ccc(F)cc3)C2=O)ccc1OS(=O)(=O)c1ccc(Cl)cc1. The van der Waals surface area contributed by atoms with Gasteiger partial charge in [0.15, 0.2) is 11.5 Å². The van der Waals surface area contributed by atoms with Gasteiger partial charge in [-0.15, -0.1) is 0 Å². The van der Waals surface area contributed by atoms with Gasteiger partial charge in [0, 0.05) is 5.02 Å². The Morgan fingerprint density at radius 3 is 2.30 bits per heavy atom. The molecule has 0 aliphatic carbocycles. The molecule has 4 amide bonds. The first-order valence-corrected chi connectivity index (χ1v) is 12.5. The number of hydrogen-bond acceptors (Lipinski definition) is 7. The van der Waals surface area contributed by atoms with Crippen molar-refractivity contribution in [1.82, 2.24) is 5.32 Å². The fraction of sp³-hybridized carbons (Fsp3) is 0.0800. The van der Waals surface area contributed by atoms with E-state index in [0.29, 0.717) is 9.92 Å². The van der Waals surface area contributed by atoms with E-state index in [1.54, 1.807) is 6.92 Å². The molecule has 9 nitrogen and oxygen atoms in total. The van der Waals surface area contributed by atoms with Crippen LogP contribution in [0.5, 0.6) is 11.5 Å². The van der Waals surface area contributed by atoms with Crippen LogP contribution in [-0.4, -0.2) is 32.9 Å². The van der Waals surface area contributed by atoms with Crippen molar-refractivity contribution in [1.29, 1.82) is 0 Å². The molecule has 1 saturated heterocycles. The van der Waals surface area contributed by atoms with Crippen LogP contribution in [0.25, 0.3) is 6.08 Å². The average molecular weight is 545 g/mol. The van der Waals surface area contributed by atoms with Crippen LogP contribution < -0.4 is 19.1 Å². The van der Waals surface area contributed by atoms with E-state index in [2.05, 4.69) is 5.32 Å². The van der Waals surface area contributed by atoms with Crippen LogP contribution in [0.4, 0.5) is 14.9 Å². The number of imide groups is 2. The van der Waals surface area contributed by atoms with Gasteiger partial charge in [-0.2, -0.15) is 8.42 Å². The summed E-state index contributed by atoms with van der Waals surface area (Å²) >= 11 is 5.81. The Kier molecular flexibility index (Phi) is 7.28. The fourth-order valence-electron chi connectivity index (χ4n) is 3.37. The first-order chi connectivity index (χ1) is 17.6. The van der Waals surface area contributed by atoms with E-state index >= 15 is 0 Å². The summed E-state index contributed by atoms with van der Waals surface area (Å²) in [6, 6.07) is 13.1. The van der Waals surface area contributed by atoms with E-state index < -0.39 is 33.8 Å². The van der Waals surface area contributed by atoms with Crippen LogP contribution in [-0.2, 0) is 19.7 Å². The molecule has 1 aliphatic rings. The highest BCUT2D eigenvalue weighted by molar-refractivity contribution is 7.87. The molecular formula is C25H18ClFN2O7S. The Hall–Kier alpha value is -4.22. The number of carbonyl (C=O) groups is 3. The molecule has 190 valence electrons. The highest BCUT2D eigenvalue weighted by Gasteiger charge is 2.36. The van der Waals surface area contributed by atoms with E-state index in [-0.39, 0.29) is 39.8 Å². The molecule has 3 aromatic rings. The number of nitrogens with zero attached hydrogens (tertiary/aromatic N) is 1. The number of carbonyl (C=O) groups excluding carboxylic acids is 3. The molecule has 1 heterocycles. The molecule has 0 bridgehead atoms. The average Bonchev–Trinajstić information content (AvgIpc) is 2.84. The molecule has 0 radical (unpaired) electrons. The van der Waals surface area contributed by atoms with Gasteiger partial charge in [-0.05, 0) is 79.2 Å². The maximum Gasteiger partial charge on any atom is 0.339 e. The summed E-state index contributed by atoms with van der Waals surface area (Å²) < 4.78 is 49.4. The molecule has 1 fully saturated rings. The number of barbiturate groups is 1. The van der Waals surface area contributed by atoms with E-state index in [1.165, 1.54) is 60.7 Å². The van der Waals surface area contributed by atoms with Crippen molar-refractivity contribution in [2.75, 3.05) is 11.5 Å². The number of anilines is 1. The van der Waals surface area contributed by atoms with E-state index in [9.17, 15) is 27.2 Å².